The number of benzene rings is 2. The van der Waals surface area contributed by atoms with Gasteiger partial charge in [0, 0.05) is 47.7 Å². The molecule has 0 radical (unpaired) electrons. The summed E-state index contributed by atoms with van der Waals surface area (Å²) in [5.41, 5.74) is 4.61. The van der Waals surface area contributed by atoms with Crippen LogP contribution in [0.2, 0.25) is 5.02 Å². The third kappa shape index (κ3) is 3.45. The van der Waals surface area contributed by atoms with Gasteiger partial charge in [-0.3, -0.25) is 4.98 Å². The fourth-order valence-corrected chi connectivity index (χ4v) is 3.94. The Hall–Kier alpha value is -2.96. The van der Waals surface area contributed by atoms with Crippen molar-refractivity contribution < 1.29 is 4.39 Å². The average molecular weight is 408 g/mol. The highest BCUT2D eigenvalue weighted by Gasteiger charge is 2.16. The van der Waals surface area contributed by atoms with Crippen molar-refractivity contribution in [3.63, 3.8) is 0 Å². The van der Waals surface area contributed by atoms with Crippen LogP contribution in [0, 0.1) is 5.82 Å². The molecule has 1 saturated heterocycles. The van der Waals surface area contributed by atoms with E-state index in [4.69, 9.17) is 11.6 Å². The third-order valence-electron chi connectivity index (χ3n) is 5.26. The summed E-state index contributed by atoms with van der Waals surface area (Å²) in [7, 11) is 0. The van der Waals surface area contributed by atoms with E-state index in [1.54, 1.807) is 12.4 Å². The number of fused-ring (bicyclic) bond motifs is 1. The third-order valence-corrected chi connectivity index (χ3v) is 5.49. The van der Waals surface area contributed by atoms with E-state index < -0.39 is 0 Å². The molecule has 0 bridgehead atoms. The SMILES string of the molecule is Fc1ccc(Cl)cc1-c1[nH]cnc1-c1ccc2ncc(N3CCNCC3)cc2c1. The van der Waals surface area contributed by atoms with E-state index in [2.05, 4.69) is 37.3 Å². The zero-order valence-corrected chi connectivity index (χ0v) is 16.4. The summed E-state index contributed by atoms with van der Waals surface area (Å²) in [5.74, 6) is -0.344. The Bertz CT molecular complexity index is 1180. The molecule has 2 aromatic carbocycles. The molecule has 2 aromatic heterocycles. The molecule has 29 heavy (non-hydrogen) atoms. The van der Waals surface area contributed by atoms with Gasteiger partial charge in [-0.2, -0.15) is 0 Å². The lowest BCUT2D eigenvalue weighted by Gasteiger charge is -2.29. The quantitative estimate of drug-likeness (QED) is 0.525. The van der Waals surface area contributed by atoms with Crippen LogP contribution in [0.3, 0.4) is 0 Å². The Morgan fingerprint density at radius 2 is 1.86 bits per heavy atom. The Morgan fingerprint density at radius 3 is 2.72 bits per heavy atom. The Balaban J connectivity index is 1.57. The summed E-state index contributed by atoms with van der Waals surface area (Å²) in [4.78, 5) is 14.5. The lowest BCUT2D eigenvalue weighted by Crippen LogP contribution is -2.43. The van der Waals surface area contributed by atoms with Crippen LogP contribution in [0.1, 0.15) is 0 Å². The molecule has 1 aliphatic rings. The van der Waals surface area contributed by atoms with Crippen LogP contribution < -0.4 is 10.2 Å². The summed E-state index contributed by atoms with van der Waals surface area (Å²) in [6.07, 6.45) is 3.50. The number of aromatic nitrogens is 3. The maximum atomic E-state index is 14.4. The Labute approximate surface area is 172 Å². The van der Waals surface area contributed by atoms with Gasteiger partial charge in [0.1, 0.15) is 5.82 Å². The van der Waals surface area contributed by atoms with Crippen molar-refractivity contribution in [3.05, 3.63) is 65.8 Å². The summed E-state index contributed by atoms with van der Waals surface area (Å²) in [6.45, 7) is 3.87. The fourth-order valence-electron chi connectivity index (χ4n) is 3.77. The Kier molecular flexibility index (Phi) is 4.66. The molecule has 5 rings (SSSR count). The molecule has 0 unspecified atom stereocenters. The van der Waals surface area contributed by atoms with E-state index in [-0.39, 0.29) is 5.82 Å². The first-order valence-corrected chi connectivity index (χ1v) is 9.91. The van der Waals surface area contributed by atoms with Gasteiger partial charge in [0.05, 0.1) is 35.1 Å². The molecule has 4 aromatic rings. The normalized spacial score (nSPS) is 14.5. The first-order valence-electron chi connectivity index (χ1n) is 9.54. The number of aromatic amines is 1. The van der Waals surface area contributed by atoms with E-state index in [0.29, 0.717) is 22.0 Å². The molecule has 1 aliphatic heterocycles. The maximum Gasteiger partial charge on any atom is 0.132 e. The van der Waals surface area contributed by atoms with E-state index in [1.165, 1.54) is 12.1 Å². The number of hydrogen-bond acceptors (Lipinski definition) is 4. The summed E-state index contributed by atoms with van der Waals surface area (Å²) < 4.78 is 14.4. The summed E-state index contributed by atoms with van der Waals surface area (Å²) in [6, 6.07) is 12.7. The van der Waals surface area contributed by atoms with Gasteiger partial charge in [-0.05, 0) is 36.4 Å². The van der Waals surface area contributed by atoms with Crippen molar-refractivity contribution in [2.45, 2.75) is 0 Å². The first-order chi connectivity index (χ1) is 14.2. The minimum absolute atomic E-state index is 0.344. The molecule has 146 valence electrons. The second kappa shape index (κ2) is 7.46. The topological polar surface area (TPSA) is 56.8 Å². The van der Waals surface area contributed by atoms with Crippen molar-refractivity contribution >= 4 is 28.2 Å². The number of halogens is 2. The van der Waals surface area contributed by atoms with Gasteiger partial charge in [-0.15, -0.1) is 0 Å². The molecule has 2 N–H and O–H groups in total. The van der Waals surface area contributed by atoms with Crippen LogP contribution >= 0.6 is 11.6 Å². The van der Waals surface area contributed by atoms with E-state index in [0.717, 1.165) is 48.3 Å². The van der Waals surface area contributed by atoms with Gasteiger partial charge in [0.15, 0.2) is 0 Å². The molecular formula is C22H19ClFN5. The number of anilines is 1. The Morgan fingerprint density at radius 1 is 1.00 bits per heavy atom. The van der Waals surface area contributed by atoms with Crippen LogP contribution in [-0.4, -0.2) is 41.1 Å². The number of nitrogens with one attached hydrogen (secondary N) is 2. The average Bonchev–Trinajstić information content (AvgIpc) is 3.25. The minimum atomic E-state index is -0.344. The fraction of sp³-hybridized carbons (Fsp3) is 0.182. The highest BCUT2D eigenvalue weighted by atomic mass is 35.5. The van der Waals surface area contributed by atoms with Gasteiger partial charge in [0.2, 0.25) is 0 Å². The number of pyridine rings is 1. The molecule has 0 aliphatic carbocycles. The van der Waals surface area contributed by atoms with Crippen molar-refractivity contribution in [2.75, 3.05) is 31.1 Å². The second-order valence-corrected chi connectivity index (χ2v) is 7.52. The van der Waals surface area contributed by atoms with Crippen LogP contribution in [0.15, 0.2) is 55.0 Å². The number of hydrogen-bond donors (Lipinski definition) is 2. The van der Waals surface area contributed by atoms with Crippen LogP contribution in [0.25, 0.3) is 33.4 Å². The number of H-pyrrole nitrogens is 1. The maximum absolute atomic E-state index is 14.4. The molecular weight excluding hydrogens is 389 g/mol. The van der Waals surface area contributed by atoms with Gasteiger partial charge in [-0.25, -0.2) is 9.37 Å². The minimum Gasteiger partial charge on any atom is -0.368 e. The molecule has 7 heteroatoms. The number of imidazole rings is 1. The predicted molar refractivity (Wildman–Crippen MR) is 115 cm³/mol. The zero-order chi connectivity index (χ0) is 19.8. The molecule has 0 spiro atoms. The molecule has 0 atom stereocenters. The highest BCUT2D eigenvalue weighted by molar-refractivity contribution is 6.30. The van der Waals surface area contributed by atoms with Gasteiger partial charge < -0.3 is 15.2 Å². The monoisotopic (exact) mass is 407 g/mol. The molecule has 3 heterocycles. The smallest absolute Gasteiger partial charge is 0.132 e. The second-order valence-electron chi connectivity index (χ2n) is 7.09. The van der Waals surface area contributed by atoms with Gasteiger partial charge >= 0.3 is 0 Å². The lowest BCUT2D eigenvalue weighted by molar-refractivity contribution is 0.589. The van der Waals surface area contributed by atoms with E-state index in [9.17, 15) is 4.39 Å². The van der Waals surface area contributed by atoms with Crippen molar-refractivity contribution in [3.8, 4) is 22.5 Å². The van der Waals surface area contributed by atoms with Crippen LogP contribution in [0.5, 0.6) is 0 Å². The van der Waals surface area contributed by atoms with Crippen molar-refractivity contribution in [1.82, 2.24) is 20.3 Å². The highest BCUT2D eigenvalue weighted by Crippen LogP contribution is 2.34. The summed E-state index contributed by atoms with van der Waals surface area (Å²) >= 11 is 6.08. The molecule has 5 nitrogen and oxygen atoms in total. The predicted octanol–water partition coefficient (Wildman–Crippen LogP) is 4.49. The zero-order valence-electron chi connectivity index (χ0n) is 15.6. The van der Waals surface area contributed by atoms with E-state index >= 15 is 0 Å². The number of nitrogens with zero attached hydrogens (tertiary/aromatic N) is 3. The largest absolute Gasteiger partial charge is 0.368 e. The molecule has 0 saturated carbocycles. The van der Waals surface area contributed by atoms with Gasteiger partial charge in [0.25, 0.3) is 0 Å². The number of rotatable bonds is 3. The van der Waals surface area contributed by atoms with Crippen LogP contribution in [0.4, 0.5) is 10.1 Å². The van der Waals surface area contributed by atoms with Crippen LogP contribution in [-0.2, 0) is 0 Å². The number of piperazine rings is 1. The standard InChI is InChI=1S/C22H19ClFN5/c23-16-2-3-19(24)18(11-16)22-21(27-13-28-22)14-1-4-20-15(9-14)10-17(12-26-20)29-7-5-25-6-8-29/h1-4,9-13,25H,5-8H2,(H,27,28). The van der Waals surface area contributed by atoms with Crippen molar-refractivity contribution in [2.24, 2.45) is 0 Å². The van der Waals surface area contributed by atoms with Gasteiger partial charge in [-0.1, -0.05) is 17.7 Å². The summed E-state index contributed by atoms with van der Waals surface area (Å²) in [5, 5.41) is 4.87. The van der Waals surface area contributed by atoms with E-state index in [1.807, 2.05) is 18.3 Å². The molecule has 1 fully saturated rings. The lowest BCUT2D eigenvalue weighted by atomic mass is 10.0. The molecule has 0 amide bonds. The van der Waals surface area contributed by atoms with Crippen molar-refractivity contribution in [1.29, 1.82) is 0 Å². The first kappa shape index (κ1) is 18.1.